The third-order valence-corrected chi connectivity index (χ3v) is 5.55. The molecular weight excluding hydrogens is 404 g/mol. The number of nitrogens with zero attached hydrogens (tertiary/aromatic N) is 4. The summed E-state index contributed by atoms with van der Waals surface area (Å²) in [5.41, 5.74) is 3.13. The lowest BCUT2D eigenvalue weighted by atomic mass is 9.83. The van der Waals surface area contributed by atoms with E-state index in [1.54, 1.807) is 23.6 Å². The van der Waals surface area contributed by atoms with Crippen molar-refractivity contribution >= 4 is 17.2 Å². The molecule has 3 aromatic rings. The number of anilines is 1. The second-order valence-corrected chi connectivity index (χ2v) is 9.49. The Kier molecular flexibility index (Phi) is 4.96. The summed E-state index contributed by atoms with van der Waals surface area (Å²) in [4.78, 5) is 13.7. The minimum absolute atomic E-state index is 0.264. The minimum atomic E-state index is -0.966. The van der Waals surface area contributed by atoms with Crippen molar-refractivity contribution in [1.82, 2.24) is 9.61 Å². The number of hydrogen-bond donors (Lipinski definition) is 2. The summed E-state index contributed by atoms with van der Waals surface area (Å²) in [5, 5.41) is 33.4. The molecule has 3 heterocycles. The van der Waals surface area contributed by atoms with Crippen molar-refractivity contribution in [3.05, 3.63) is 64.5 Å². The van der Waals surface area contributed by atoms with Gasteiger partial charge in [-0.15, -0.1) is 0 Å². The number of aromatic nitrogens is 2. The molecule has 1 aliphatic heterocycles. The van der Waals surface area contributed by atoms with Crippen LogP contribution in [0.2, 0.25) is 0 Å². The molecule has 2 N–H and O–H groups in total. The van der Waals surface area contributed by atoms with Gasteiger partial charge < -0.3 is 15.1 Å². The maximum absolute atomic E-state index is 11.6. The second kappa shape index (κ2) is 7.40. The number of hydrogen-bond acceptors (Lipinski definition) is 5. The number of rotatable bonds is 2. The first kappa shape index (κ1) is 21.4. The molecule has 0 aliphatic carbocycles. The first-order chi connectivity index (χ1) is 15.0. The van der Waals surface area contributed by atoms with Gasteiger partial charge in [0.2, 0.25) is 0 Å². The molecule has 0 amide bonds. The zero-order valence-corrected chi connectivity index (χ0v) is 18.5. The average molecular weight is 428 g/mol. The highest BCUT2D eigenvalue weighted by molar-refractivity contribution is 5.90. The molecule has 0 unspecified atom stereocenters. The van der Waals surface area contributed by atoms with Gasteiger partial charge in [-0.25, -0.2) is 9.31 Å². The fraction of sp³-hybridized carbons (Fsp3) is 0.320. The van der Waals surface area contributed by atoms with Crippen LogP contribution in [0.5, 0.6) is 0 Å². The fourth-order valence-corrected chi connectivity index (χ4v) is 3.98. The molecule has 1 aromatic carbocycles. The molecule has 7 heteroatoms. The van der Waals surface area contributed by atoms with Gasteiger partial charge >= 0.3 is 5.97 Å². The van der Waals surface area contributed by atoms with E-state index in [9.17, 15) is 20.3 Å². The summed E-state index contributed by atoms with van der Waals surface area (Å²) in [6.07, 6.45) is 3.34. The van der Waals surface area contributed by atoms with Crippen LogP contribution in [0.25, 0.3) is 5.52 Å². The lowest BCUT2D eigenvalue weighted by Gasteiger charge is -2.45. The molecule has 0 saturated carbocycles. The number of benzene rings is 1. The minimum Gasteiger partial charge on any atom is -0.478 e. The second-order valence-electron chi connectivity index (χ2n) is 9.49. The number of β-amino-alcohol motifs (C(OH)–C–C–N with tert-alkyl or cyclic N) is 1. The van der Waals surface area contributed by atoms with Crippen LogP contribution in [0.4, 0.5) is 5.69 Å². The number of aliphatic hydroxyl groups is 1. The third kappa shape index (κ3) is 3.91. The molecule has 1 fully saturated rings. The van der Waals surface area contributed by atoms with E-state index in [2.05, 4.69) is 23.0 Å². The third-order valence-electron chi connectivity index (χ3n) is 5.55. The van der Waals surface area contributed by atoms with Crippen LogP contribution in [-0.4, -0.2) is 44.5 Å². The predicted molar refractivity (Wildman–Crippen MR) is 121 cm³/mol. The number of fused-ring (bicyclic) bond motifs is 1. The molecule has 32 heavy (non-hydrogen) atoms. The summed E-state index contributed by atoms with van der Waals surface area (Å²) >= 11 is 0. The summed E-state index contributed by atoms with van der Waals surface area (Å²) in [6.45, 7) is 8.69. The Morgan fingerprint density at radius 2 is 1.91 bits per heavy atom. The molecule has 1 saturated heterocycles. The van der Waals surface area contributed by atoms with Gasteiger partial charge in [-0.2, -0.15) is 10.4 Å². The number of carboxylic acids is 1. The van der Waals surface area contributed by atoms with Gasteiger partial charge in [-0.1, -0.05) is 32.6 Å². The fourth-order valence-electron chi connectivity index (χ4n) is 3.98. The van der Waals surface area contributed by atoms with Crippen LogP contribution in [0.1, 0.15) is 60.3 Å². The highest BCUT2D eigenvalue weighted by Gasteiger charge is 2.37. The average Bonchev–Trinajstić information content (AvgIpc) is 3.12. The van der Waals surface area contributed by atoms with E-state index in [4.69, 9.17) is 0 Å². The van der Waals surface area contributed by atoms with Gasteiger partial charge in [0.05, 0.1) is 45.9 Å². The smallest absolute Gasteiger partial charge is 0.335 e. The lowest BCUT2D eigenvalue weighted by molar-refractivity contribution is 0.0310. The molecule has 0 spiro atoms. The maximum atomic E-state index is 11.6. The Bertz CT molecular complexity index is 1340. The summed E-state index contributed by atoms with van der Waals surface area (Å²) < 4.78 is 1.64. The Balaban J connectivity index is 1.81. The molecular formula is C25H24N4O3. The van der Waals surface area contributed by atoms with Gasteiger partial charge in [-0.05, 0) is 42.2 Å². The SMILES string of the molecule is CC1(O)CN(c2cc(C#Cc3ccc(C(=O)O)c(C(C)(C)C)c3)c3c(C#N)cnn3c2)C1. The Morgan fingerprint density at radius 3 is 2.50 bits per heavy atom. The monoisotopic (exact) mass is 428 g/mol. The van der Waals surface area contributed by atoms with Crippen LogP contribution >= 0.6 is 0 Å². The van der Waals surface area contributed by atoms with Crippen LogP contribution < -0.4 is 4.90 Å². The van der Waals surface area contributed by atoms with E-state index in [-0.39, 0.29) is 11.0 Å². The summed E-state index contributed by atoms with van der Waals surface area (Å²) in [6, 6.07) is 9.15. The van der Waals surface area contributed by atoms with Gasteiger partial charge in [0.1, 0.15) is 6.07 Å². The Morgan fingerprint density at radius 1 is 1.19 bits per heavy atom. The molecule has 4 rings (SSSR count). The van der Waals surface area contributed by atoms with E-state index < -0.39 is 11.6 Å². The van der Waals surface area contributed by atoms with Crippen molar-refractivity contribution < 1.29 is 15.0 Å². The van der Waals surface area contributed by atoms with Crippen molar-refractivity contribution in [2.45, 2.75) is 38.7 Å². The normalized spacial score (nSPS) is 14.9. The highest BCUT2D eigenvalue weighted by Crippen LogP contribution is 2.30. The van der Waals surface area contributed by atoms with Gasteiger partial charge in [-0.3, -0.25) is 0 Å². The van der Waals surface area contributed by atoms with Crippen molar-refractivity contribution in [1.29, 1.82) is 5.26 Å². The van der Waals surface area contributed by atoms with Crippen LogP contribution in [0.15, 0.2) is 36.7 Å². The topological polar surface area (TPSA) is 102 Å². The van der Waals surface area contributed by atoms with Crippen LogP contribution in [0.3, 0.4) is 0 Å². The number of pyridine rings is 1. The number of nitriles is 1. The zero-order valence-electron chi connectivity index (χ0n) is 18.5. The number of aromatic carboxylic acids is 1. The quantitative estimate of drug-likeness (QED) is 0.608. The van der Waals surface area contributed by atoms with E-state index in [1.807, 2.05) is 44.0 Å². The number of carboxylic acid groups (broad SMARTS) is 1. The molecule has 2 aromatic heterocycles. The lowest BCUT2D eigenvalue weighted by Crippen LogP contribution is -2.60. The Labute approximate surface area is 186 Å². The summed E-state index contributed by atoms with van der Waals surface area (Å²) in [7, 11) is 0. The molecule has 1 aliphatic rings. The van der Waals surface area contributed by atoms with E-state index in [1.165, 1.54) is 6.20 Å². The van der Waals surface area contributed by atoms with E-state index >= 15 is 0 Å². The van der Waals surface area contributed by atoms with Crippen molar-refractivity contribution in [3.8, 4) is 17.9 Å². The highest BCUT2D eigenvalue weighted by atomic mass is 16.4. The van der Waals surface area contributed by atoms with Gasteiger partial charge in [0, 0.05) is 18.7 Å². The van der Waals surface area contributed by atoms with Crippen molar-refractivity contribution in [2.75, 3.05) is 18.0 Å². The largest absolute Gasteiger partial charge is 0.478 e. The van der Waals surface area contributed by atoms with E-state index in [0.717, 1.165) is 5.69 Å². The van der Waals surface area contributed by atoms with Gasteiger partial charge in [0.15, 0.2) is 0 Å². The number of carbonyl (C=O) groups is 1. The summed E-state index contributed by atoms with van der Waals surface area (Å²) in [5.74, 6) is 5.32. The molecule has 0 radical (unpaired) electrons. The first-order valence-corrected chi connectivity index (χ1v) is 10.3. The Hall–Kier alpha value is -3.81. The van der Waals surface area contributed by atoms with Crippen molar-refractivity contribution in [2.24, 2.45) is 0 Å². The molecule has 0 bridgehead atoms. The van der Waals surface area contributed by atoms with E-state index in [0.29, 0.717) is 40.9 Å². The van der Waals surface area contributed by atoms with Crippen molar-refractivity contribution in [3.63, 3.8) is 0 Å². The first-order valence-electron chi connectivity index (χ1n) is 10.3. The van der Waals surface area contributed by atoms with Crippen LogP contribution in [0, 0.1) is 23.2 Å². The standard InChI is InChI=1S/C25H24N4O3/c1-24(2,3)21-9-16(6-8-20(21)23(30)31)5-7-17-10-19(28-14-25(4,32)15-28)13-29-22(17)18(11-26)12-27-29/h6,8-10,12-13,32H,14-15H2,1-4H3,(H,30,31). The zero-order chi connectivity index (χ0) is 23.3. The predicted octanol–water partition coefficient (Wildman–Crippen LogP) is 3.17. The molecule has 7 nitrogen and oxygen atoms in total. The van der Waals surface area contributed by atoms with Crippen LogP contribution in [-0.2, 0) is 5.41 Å². The molecule has 162 valence electrons. The maximum Gasteiger partial charge on any atom is 0.335 e. The van der Waals surface area contributed by atoms with Gasteiger partial charge in [0.25, 0.3) is 0 Å². The molecule has 0 atom stereocenters.